The summed E-state index contributed by atoms with van der Waals surface area (Å²) in [7, 11) is 0. The normalized spacial score (nSPS) is 12.4. The third-order valence-corrected chi connectivity index (χ3v) is 4.31. The van der Waals surface area contributed by atoms with Gasteiger partial charge in [0.05, 0.1) is 11.1 Å². The number of aliphatic hydroxyl groups excluding tert-OH is 1. The molecule has 0 aliphatic carbocycles. The first-order valence-corrected chi connectivity index (χ1v) is 7.05. The van der Waals surface area contributed by atoms with E-state index in [4.69, 9.17) is 23.2 Å². The highest BCUT2D eigenvalue weighted by Crippen LogP contribution is 2.38. The smallest absolute Gasteiger partial charge is 0.0772 e. The Bertz CT molecular complexity index is 555. The van der Waals surface area contributed by atoms with E-state index in [0.29, 0.717) is 10.0 Å². The number of hydrogen-bond donors (Lipinski definition) is 1. The Hall–Kier alpha value is -0.670. The minimum Gasteiger partial charge on any atom is -0.389 e. The minimum absolute atomic E-state index is 0.508. The third kappa shape index (κ3) is 3.21. The van der Waals surface area contributed by atoms with Crippen molar-refractivity contribution >= 4 is 35.0 Å². The first-order valence-electron chi connectivity index (χ1n) is 5.48. The Kier molecular flexibility index (Phi) is 4.57. The van der Waals surface area contributed by atoms with E-state index in [1.165, 1.54) is 11.8 Å². The highest BCUT2D eigenvalue weighted by atomic mass is 35.5. The van der Waals surface area contributed by atoms with E-state index in [1.807, 2.05) is 30.3 Å². The van der Waals surface area contributed by atoms with Gasteiger partial charge in [0, 0.05) is 14.8 Å². The number of hydrogen-bond acceptors (Lipinski definition) is 2. The van der Waals surface area contributed by atoms with E-state index in [-0.39, 0.29) is 0 Å². The van der Waals surface area contributed by atoms with E-state index < -0.39 is 6.10 Å². The number of aliphatic hydroxyl groups is 1. The average Bonchev–Trinajstić information content (AvgIpc) is 2.34. The van der Waals surface area contributed by atoms with Crippen molar-refractivity contribution < 1.29 is 5.11 Å². The van der Waals surface area contributed by atoms with Crippen molar-refractivity contribution in [1.82, 2.24) is 0 Å². The fourth-order valence-electron chi connectivity index (χ4n) is 1.59. The number of halogens is 2. The van der Waals surface area contributed by atoms with E-state index in [9.17, 15) is 5.11 Å². The second-order valence-corrected chi connectivity index (χ2v) is 5.82. The van der Waals surface area contributed by atoms with Crippen LogP contribution < -0.4 is 0 Å². The molecule has 2 aromatic rings. The van der Waals surface area contributed by atoms with Crippen molar-refractivity contribution in [2.24, 2.45) is 0 Å². The molecule has 0 aromatic heterocycles. The molecule has 0 spiro atoms. The predicted octanol–water partition coefficient (Wildman–Crippen LogP) is 5.20. The highest BCUT2D eigenvalue weighted by molar-refractivity contribution is 7.99. The summed E-state index contributed by atoms with van der Waals surface area (Å²) >= 11 is 13.6. The molecular weight excluding hydrogens is 287 g/mol. The molecule has 1 N–H and O–H groups in total. The van der Waals surface area contributed by atoms with Gasteiger partial charge >= 0.3 is 0 Å². The fourth-order valence-corrected chi connectivity index (χ4v) is 3.15. The number of benzene rings is 2. The first kappa shape index (κ1) is 13.8. The maximum absolute atomic E-state index is 9.73. The molecule has 0 aliphatic rings. The zero-order chi connectivity index (χ0) is 13.1. The lowest BCUT2D eigenvalue weighted by Gasteiger charge is -2.12. The molecule has 1 unspecified atom stereocenters. The van der Waals surface area contributed by atoms with Crippen LogP contribution in [0.15, 0.2) is 52.3 Å². The molecule has 4 heteroatoms. The van der Waals surface area contributed by atoms with Gasteiger partial charge in [-0.1, -0.05) is 53.2 Å². The van der Waals surface area contributed by atoms with E-state index in [1.54, 1.807) is 19.1 Å². The molecular formula is C14H12Cl2OS. The van der Waals surface area contributed by atoms with Gasteiger partial charge in [-0.3, -0.25) is 0 Å². The fraction of sp³-hybridized carbons (Fsp3) is 0.143. The van der Waals surface area contributed by atoms with Gasteiger partial charge in [0.1, 0.15) is 0 Å². The van der Waals surface area contributed by atoms with Crippen LogP contribution in [0.5, 0.6) is 0 Å². The molecule has 0 saturated carbocycles. The maximum Gasteiger partial charge on any atom is 0.0772 e. The SMILES string of the molecule is CC(O)c1ccccc1Sc1cc(Cl)ccc1Cl. The van der Waals surface area contributed by atoms with Crippen LogP contribution in [0.4, 0.5) is 0 Å². The van der Waals surface area contributed by atoms with Gasteiger partial charge in [-0.25, -0.2) is 0 Å². The Labute approximate surface area is 121 Å². The Morgan fingerprint density at radius 1 is 1.06 bits per heavy atom. The number of rotatable bonds is 3. The third-order valence-electron chi connectivity index (χ3n) is 2.48. The standard InChI is InChI=1S/C14H12Cl2OS/c1-9(17)11-4-2-3-5-13(11)18-14-8-10(15)6-7-12(14)16/h2-9,17H,1H3. The van der Waals surface area contributed by atoms with Crippen LogP contribution in [0.3, 0.4) is 0 Å². The average molecular weight is 299 g/mol. The lowest BCUT2D eigenvalue weighted by Crippen LogP contribution is -1.93. The molecule has 94 valence electrons. The largest absolute Gasteiger partial charge is 0.389 e. The van der Waals surface area contributed by atoms with Crippen LogP contribution in [0, 0.1) is 0 Å². The van der Waals surface area contributed by atoms with E-state index in [2.05, 4.69) is 0 Å². The zero-order valence-electron chi connectivity index (χ0n) is 9.73. The molecule has 2 aromatic carbocycles. The highest BCUT2D eigenvalue weighted by Gasteiger charge is 2.10. The van der Waals surface area contributed by atoms with Gasteiger partial charge in [-0.15, -0.1) is 0 Å². The summed E-state index contributed by atoms with van der Waals surface area (Å²) in [5.74, 6) is 0. The molecule has 1 atom stereocenters. The molecule has 0 radical (unpaired) electrons. The quantitative estimate of drug-likeness (QED) is 0.840. The second-order valence-electron chi connectivity index (χ2n) is 3.89. The minimum atomic E-state index is -0.508. The molecule has 0 fully saturated rings. The zero-order valence-corrected chi connectivity index (χ0v) is 12.1. The van der Waals surface area contributed by atoms with Gasteiger partial charge in [0.25, 0.3) is 0 Å². The molecule has 0 amide bonds. The summed E-state index contributed by atoms with van der Waals surface area (Å²) in [6, 6.07) is 13.1. The first-order chi connectivity index (χ1) is 8.58. The lowest BCUT2D eigenvalue weighted by molar-refractivity contribution is 0.196. The monoisotopic (exact) mass is 298 g/mol. The predicted molar refractivity (Wildman–Crippen MR) is 77.7 cm³/mol. The summed E-state index contributed by atoms with van der Waals surface area (Å²) in [6.45, 7) is 1.75. The lowest BCUT2D eigenvalue weighted by atomic mass is 10.1. The topological polar surface area (TPSA) is 20.2 Å². The van der Waals surface area contributed by atoms with Crippen molar-refractivity contribution in [2.45, 2.75) is 22.8 Å². The van der Waals surface area contributed by atoms with Gasteiger partial charge in [0.2, 0.25) is 0 Å². The summed E-state index contributed by atoms with van der Waals surface area (Å²) < 4.78 is 0. The Balaban J connectivity index is 2.37. The maximum atomic E-state index is 9.73. The van der Waals surface area contributed by atoms with Crippen LogP contribution in [-0.4, -0.2) is 5.11 Å². The second kappa shape index (κ2) is 5.98. The molecule has 0 heterocycles. The van der Waals surface area contributed by atoms with Gasteiger partial charge < -0.3 is 5.11 Å². The van der Waals surface area contributed by atoms with Crippen molar-refractivity contribution in [3.63, 3.8) is 0 Å². The summed E-state index contributed by atoms with van der Waals surface area (Å²) in [4.78, 5) is 1.87. The van der Waals surface area contributed by atoms with Crippen LogP contribution in [0.25, 0.3) is 0 Å². The van der Waals surface area contributed by atoms with E-state index >= 15 is 0 Å². The summed E-state index contributed by atoms with van der Waals surface area (Å²) in [5, 5.41) is 11.0. The molecule has 0 bridgehead atoms. The molecule has 2 rings (SSSR count). The van der Waals surface area contributed by atoms with Crippen molar-refractivity contribution in [3.8, 4) is 0 Å². The molecule has 0 saturated heterocycles. The molecule has 18 heavy (non-hydrogen) atoms. The summed E-state index contributed by atoms with van der Waals surface area (Å²) in [5.41, 5.74) is 0.888. The Morgan fingerprint density at radius 2 is 1.78 bits per heavy atom. The van der Waals surface area contributed by atoms with Crippen LogP contribution in [0.1, 0.15) is 18.6 Å². The summed E-state index contributed by atoms with van der Waals surface area (Å²) in [6.07, 6.45) is -0.508. The van der Waals surface area contributed by atoms with Crippen molar-refractivity contribution in [3.05, 3.63) is 58.1 Å². The van der Waals surface area contributed by atoms with Crippen molar-refractivity contribution in [1.29, 1.82) is 0 Å². The molecule has 0 aliphatic heterocycles. The van der Waals surface area contributed by atoms with Crippen molar-refractivity contribution in [2.75, 3.05) is 0 Å². The van der Waals surface area contributed by atoms with Gasteiger partial charge in [0.15, 0.2) is 0 Å². The van der Waals surface area contributed by atoms with Gasteiger partial charge in [-0.05, 0) is 36.8 Å². The Morgan fingerprint density at radius 3 is 2.50 bits per heavy atom. The van der Waals surface area contributed by atoms with Crippen LogP contribution >= 0.6 is 35.0 Å². The molecule has 1 nitrogen and oxygen atoms in total. The van der Waals surface area contributed by atoms with Crippen LogP contribution in [-0.2, 0) is 0 Å². The van der Waals surface area contributed by atoms with Crippen LogP contribution in [0.2, 0.25) is 10.0 Å². The van der Waals surface area contributed by atoms with E-state index in [0.717, 1.165) is 15.4 Å². The van der Waals surface area contributed by atoms with Gasteiger partial charge in [-0.2, -0.15) is 0 Å².